The van der Waals surface area contributed by atoms with Gasteiger partial charge in [-0.3, -0.25) is 4.90 Å². The van der Waals surface area contributed by atoms with Gasteiger partial charge >= 0.3 is 0 Å². The fraction of sp³-hybridized carbons (Fsp3) is 0.714. The van der Waals surface area contributed by atoms with Gasteiger partial charge in [-0.25, -0.2) is 0 Å². The Morgan fingerprint density at radius 1 is 1.42 bits per heavy atom. The molecule has 1 saturated heterocycles. The van der Waals surface area contributed by atoms with Crippen LogP contribution < -0.4 is 5.73 Å². The number of thiophene rings is 1. The zero-order chi connectivity index (χ0) is 14.2. The van der Waals surface area contributed by atoms with Crippen LogP contribution in [0.2, 0.25) is 4.34 Å². The Kier molecular flexibility index (Phi) is 5.00. The number of hydrogen-bond donors (Lipinski definition) is 1. The topological polar surface area (TPSA) is 29.3 Å². The zero-order valence-corrected chi connectivity index (χ0v) is 14.9. The Balaban J connectivity index is 2.39. The summed E-state index contributed by atoms with van der Waals surface area (Å²) in [6.45, 7) is 7.90. The predicted octanol–water partition coefficient (Wildman–Crippen LogP) is 4.82. The highest BCUT2D eigenvalue weighted by Crippen LogP contribution is 2.42. The first-order valence-electron chi connectivity index (χ1n) is 6.78. The van der Waals surface area contributed by atoms with Gasteiger partial charge in [0.05, 0.1) is 6.04 Å². The highest BCUT2D eigenvalue weighted by atomic mass is 79.9. The molecule has 1 aliphatic heterocycles. The lowest BCUT2D eigenvalue weighted by Crippen LogP contribution is -2.48. The summed E-state index contributed by atoms with van der Waals surface area (Å²) >= 11 is 11.4. The van der Waals surface area contributed by atoms with Crippen LogP contribution in [0.25, 0.3) is 0 Å². The minimum Gasteiger partial charge on any atom is -0.326 e. The Morgan fingerprint density at radius 3 is 2.63 bits per heavy atom. The van der Waals surface area contributed by atoms with Crippen LogP contribution in [0, 0.1) is 0 Å². The van der Waals surface area contributed by atoms with Gasteiger partial charge in [0.15, 0.2) is 0 Å². The molecule has 1 fully saturated rings. The summed E-state index contributed by atoms with van der Waals surface area (Å²) in [6, 6.07) is 2.60. The van der Waals surface area contributed by atoms with Gasteiger partial charge < -0.3 is 5.73 Å². The molecule has 2 N–H and O–H groups in total. The second-order valence-electron chi connectivity index (χ2n) is 6.24. The summed E-state index contributed by atoms with van der Waals surface area (Å²) in [7, 11) is 0. The van der Waals surface area contributed by atoms with Crippen molar-refractivity contribution >= 4 is 38.9 Å². The van der Waals surface area contributed by atoms with Crippen molar-refractivity contribution in [2.75, 3.05) is 6.54 Å². The minimum absolute atomic E-state index is 0.121. The van der Waals surface area contributed by atoms with Crippen LogP contribution in [0.5, 0.6) is 0 Å². The zero-order valence-electron chi connectivity index (χ0n) is 11.7. The first-order chi connectivity index (χ1) is 8.80. The molecule has 2 nitrogen and oxygen atoms in total. The van der Waals surface area contributed by atoms with Crippen molar-refractivity contribution < 1.29 is 0 Å². The lowest BCUT2D eigenvalue weighted by molar-refractivity contribution is 0.0774. The van der Waals surface area contributed by atoms with Crippen LogP contribution in [0.1, 0.15) is 51.0 Å². The van der Waals surface area contributed by atoms with E-state index in [-0.39, 0.29) is 17.6 Å². The fourth-order valence-corrected chi connectivity index (χ4v) is 4.74. The summed E-state index contributed by atoms with van der Waals surface area (Å²) in [5, 5.41) is 0. The largest absolute Gasteiger partial charge is 0.326 e. The Morgan fingerprint density at radius 2 is 2.11 bits per heavy atom. The molecule has 2 heterocycles. The van der Waals surface area contributed by atoms with Gasteiger partial charge in [-0.2, -0.15) is 0 Å². The molecule has 5 heteroatoms. The van der Waals surface area contributed by atoms with Crippen LogP contribution in [-0.2, 0) is 0 Å². The molecule has 2 unspecified atom stereocenters. The molecular formula is C14H22BrClN2S. The quantitative estimate of drug-likeness (QED) is 0.773. The van der Waals surface area contributed by atoms with Crippen molar-refractivity contribution in [2.24, 2.45) is 5.73 Å². The summed E-state index contributed by atoms with van der Waals surface area (Å²) in [5.41, 5.74) is 6.58. The van der Waals surface area contributed by atoms with Crippen molar-refractivity contribution in [1.29, 1.82) is 0 Å². The van der Waals surface area contributed by atoms with Crippen molar-refractivity contribution in [1.82, 2.24) is 4.90 Å². The lowest BCUT2D eigenvalue weighted by atomic mass is 9.97. The summed E-state index contributed by atoms with van der Waals surface area (Å²) in [6.07, 6.45) is 3.52. The minimum atomic E-state index is 0.121. The fourth-order valence-electron chi connectivity index (χ4n) is 2.82. The van der Waals surface area contributed by atoms with Crippen LogP contribution in [0.15, 0.2) is 10.5 Å². The third-order valence-corrected chi connectivity index (χ3v) is 6.29. The van der Waals surface area contributed by atoms with Gasteiger partial charge in [0.25, 0.3) is 0 Å². The monoisotopic (exact) mass is 364 g/mol. The molecule has 0 radical (unpaired) electrons. The Labute approximate surface area is 133 Å². The van der Waals surface area contributed by atoms with Crippen LogP contribution >= 0.6 is 38.9 Å². The van der Waals surface area contributed by atoms with E-state index in [4.69, 9.17) is 17.3 Å². The van der Waals surface area contributed by atoms with Gasteiger partial charge in [0.2, 0.25) is 0 Å². The number of halogens is 2. The SMILES string of the molecule is CC(C)(C)N1CCCCC(N)C1c1cc(Br)c(Cl)s1. The van der Waals surface area contributed by atoms with E-state index in [1.54, 1.807) is 11.3 Å². The highest BCUT2D eigenvalue weighted by molar-refractivity contribution is 9.10. The Hall–Kier alpha value is 0.390. The van der Waals surface area contributed by atoms with Gasteiger partial charge in [0.1, 0.15) is 4.34 Å². The van der Waals surface area contributed by atoms with Gasteiger partial charge in [-0.1, -0.05) is 18.0 Å². The van der Waals surface area contributed by atoms with Crippen molar-refractivity contribution in [3.8, 4) is 0 Å². The van der Waals surface area contributed by atoms with E-state index in [1.807, 2.05) is 0 Å². The predicted molar refractivity (Wildman–Crippen MR) is 88.1 cm³/mol. The van der Waals surface area contributed by atoms with E-state index in [0.717, 1.165) is 21.8 Å². The standard InChI is InChI=1S/C14H22BrClN2S/c1-14(2,3)18-7-5-4-6-10(17)12(18)11-8-9(15)13(16)19-11/h8,10,12H,4-7,17H2,1-3H3. The van der Waals surface area contributed by atoms with Crippen LogP contribution in [0.3, 0.4) is 0 Å². The smallest absolute Gasteiger partial charge is 0.107 e. The van der Waals surface area contributed by atoms with Crippen LogP contribution in [0.4, 0.5) is 0 Å². The molecule has 2 atom stereocenters. The molecule has 1 aliphatic rings. The summed E-state index contributed by atoms with van der Waals surface area (Å²) in [5.74, 6) is 0. The maximum absolute atomic E-state index is 6.46. The summed E-state index contributed by atoms with van der Waals surface area (Å²) in [4.78, 5) is 3.82. The normalized spacial score (nSPS) is 26.4. The van der Waals surface area contributed by atoms with E-state index in [1.165, 1.54) is 17.7 Å². The number of likely N-dealkylation sites (tertiary alicyclic amines) is 1. The number of rotatable bonds is 1. The van der Waals surface area contributed by atoms with E-state index >= 15 is 0 Å². The molecule has 19 heavy (non-hydrogen) atoms. The molecule has 0 spiro atoms. The lowest BCUT2D eigenvalue weighted by Gasteiger charge is -2.42. The number of nitrogens with two attached hydrogens (primary N) is 1. The first kappa shape index (κ1) is 15.8. The second kappa shape index (κ2) is 6.02. The van der Waals surface area contributed by atoms with E-state index < -0.39 is 0 Å². The maximum Gasteiger partial charge on any atom is 0.107 e. The molecule has 1 aromatic rings. The van der Waals surface area contributed by atoms with Crippen LogP contribution in [-0.4, -0.2) is 23.0 Å². The van der Waals surface area contributed by atoms with Crippen molar-refractivity contribution in [3.63, 3.8) is 0 Å². The average molecular weight is 366 g/mol. The molecule has 108 valence electrons. The molecular weight excluding hydrogens is 344 g/mol. The van der Waals surface area contributed by atoms with E-state index in [9.17, 15) is 0 Å². The molecule has 0 aliphatic carbocycles. The number of hydrogen-bond acceptors (Lipinski definition) is 3. The second-order valence-corrected chi connectivity index (χ2v) is 8.78. The van der Waals surface area contributed by atoms with Gasteiger partial charge in [-0.15, -0.1) is 11.3 Å². The number of nitrogens with zero attached hydrogens (tertiary/aromatic N) is 1. The molecule has 2 rings (SSSR count). The molecule has 0 amide bonds. The summed E-state index contributed by atoms with van der Waals surface area (Å²) < 4.78 is 1.81. The maximum atomic E-state index is 6.46. The average Bonchev–Trinajstić information content (AvgIpc) is 2.50. The molecule has 0 aromatic carbocycles. The molecule has 0 bridgehead atoms. The Bertz CT molecular complexity index is 422. The highest BCUT2D eigenvalue weighted by Gasteiger charge is 2.36. The van der Waals surface area contributed by atoms with Gasteiger partial charge in [-0.05, 0) is 62.2 Å². The molecule has 1 aromatic heterocycles. The van der Waals surface area contributed by atoms with Crippen molar-refractivity contribution in [3.05, 3.63) is 19.8 Å². The van der Waals surface area contributed by atoms with Crippen molar-refractivity contribution in [2.45, 2.75) is 57.7 Å². The third kappa shape index (κ3) is 3.53. The van der Waals surface area contributed by atoms with E-state index in [2.05, 4.69) is 47.7 Å². The van der Waals surface area contributed by atoms with Gasteiger partial charge in [0, 0.05) is 20.9 Å². The third-order valence-electron chi connectivity index (χ3n) is 3.75. The molecule has 0 saturated carbocycles. The van der Waals surface area contributed by atoms with E-state index in [0.29, 0.717) is 0 Å². The first-order valence-corrected chi connectivity index (χ1v) is 8.76.